The van der Waals surface area contributed by atoms with Gasteiger partial charge in [0.25, 0.3) is 0 Å². The molecule has 3 unspecified atom stereocenters. The lowest BCUT2D eigenvalue weighted by atomic mass is 9.94. The van der Waals surface area contributed by atoms with Gasteiger partial charge in [-0.3, -0.25) is 0 Å². The fourth-order valence-corrected chi connectivity index (χ4v) is 5.46. The van der Waals surface area contributed by atoms with E-state index in [0.717, 1.165) is 42.2 Å². The molecule has 1 aliphatic heterocycles. The Balaban J connectivity index is 0.000000414. The van der Waals surface area contributed by atoms with Crippen molar-refractivity contribution in [2.45, 2.75) is 58.2 Å². The minimum atomic E-state index is -1.26. The van der Waals surface area contributed by atoms with E-state index in [4.69, 9.17) is 19.9 Å². The van der Waals surface area contributed by atoms with Gasteiger partial charge in [0.15, 0.2) is 5.13 Å². The molecule has 1 aromatic heterocycles. The Bertz CT molecular complexity index is 1170. The molecule has 0 aliphatic carbocycles. The van der Waals surface area contributed by atoms with Gasteiger partial charge in [-0.05, 0) is 69.8 Å². The molecule has 37 heavy (non-hydrogen) atoms. The number of thiazole rings is 1. The highest BCUT2D eigenvalue weighted by Gasteiger charge is 2.27. The van der Waals surface area contributed by atoms with Gasteiger partial charge in [0, 0.05) is 31.3 Å². The van der Waals surface area contributed by atoms with Crippen molar-refractivity contribution in [2.24, 2.45) is 0 Å². The quantitative estimate of drug-likeness (QED) is 0.351. The fraction of sp³-hybridized carbons (Fsp3) is 0.393. The number of nitrogens with zero attached hydrogens (tertiary/aromatic N) is 2. The molecular weight excluding hydrogens is 490 g/mol. The number of anilines is 1. The third-order valence-corrected chi connectivity index (χ3v) is 7.44. The number of benzene rings is 2. The molecule has 1 saturated heterocycles. The van der Waals surface area contributed by atoms with Gasteiger partial charge in [0.1, 0.15) is 5.75 Å². The maximum absolute atomic E-state index is 9.55. The summed E-state index contributed by atoms with van der Waals surface area (Å²) >= 11 is 1.79. The van der Waals surface area contributed by atoms with Gasteiger partial charge in [0.05, 0.1) is 16.3 Å². The lowest BCUT2D eigenvalue weighted by molar-refractivity contribution is -0.134. The Morgan fingerprint density at radius 3 is 2.41 bits per heavy atom. The predicted molar refractivity (Wildman–Crippen MR) is 148 cm³/mol. The summed E-state index contributed by atoms with van der Waals surface area (Å²) < 4.78 is 7.59. The Hall–Kier alpha value is -3.43. The highest BCUT2D eigenvalue weighted by molar-refractivity contribution is 7.22. The second-order valence-corrected chi connectivity index (χ2v) is 10.3. The Kier molecular flexibility index (Phi) is 10.0. The largest absolute Gasteiger partial charge is 0.490 e. The number of ether oxygens (including phenoxy) is 1. The SMILES string of the molecule is Cc1cccc(C)c1OC(C)CC1CC(N(C)c2nc3ccccc3s2)CCN1.O=C(O)/C=C\C(=O)O. The lowest BCUT2D eigenvalue weighted by Crippen LogP contribution is -2.48. The lowest BCUT2D eigenvalue weighted by Gasteiger charge is -2.37. The summed E-state index contributed by atoms with van der Waals surface area (Å²) in [5.41, 5.74) is 3.52. The van der Waals surface area contributed by atoms with Gasteiger partial charge in [-0.25, -0.2) is 14.6 Å². The summed E-state index contributed by atoms with van der Waals surface area (Å²) in [6, 6.07) is 15.7. The molecule has 0 saturated carbocycles. The van der Waals surface area contributed by atoms with Crippen LogP contribution in [0, 0.1) is 13.8 Å². The van der Waals surface area contributed by atoms with Gasteiger partial charge in [-0.2, -0.15) is 0 Å². The summed E-state index contributed by atoms with van der Waals surface area (Å²) in [5.74, 6) is -1.47. The van der Waals surface area contributed by atoms with Crippen molar-refractivity contribution >= 4 is 38.6 Å². The average Bonchev–Trinajstić information content (AvgIpc) is 3.29. The van der Waals surface area contributed by atoms with Gasteiger partial charge >= 0.3 is 11.9 Å². The molecule has 3 aromatic rings. The van der Waals surface area contributed by atoms with Gasteiger partial charge < -0.3 is 25.2 Å². The molecular formula is C28H35N3O5S. The maximum atomic E-state index is 9.55. The molecule has 9 heteroatoms. The smallest absolute Gasteiger partial charge is 0.328 e. The standard InChI is InChI=1S/C24H31N3OS.C4H4O4/c1-16-8-7-9-17(2)23(16)28-18(3)14-19-15-20(12-13-25-19)27(4)24-26-21-10-5-6-11-22(21)29-24;5-3(6)1-2-4(7)8/h5-11,18-20,25H,12-15H2,1-4H3;1-2H,(H,5,6)(H,7,8)/b;2-1-. The first-order chi connectivity index (χ1) is 17.6. The maximum Gasteiger partial charge on any atom is 0.328 e. The predicted octanol–water partition coefficient (Wildman–Crippen LogP) is 5.04. The van der Waals surface area contributed by atoms with Crippen molar-refractivity contribution in [1.82, 2.24) is 10.3 Å². The first-order valence-corrected chi connectivity index (χ1v) is 13.1. The normalized spacial score (nSPS) is 18.2. The molecule has 0 bridgehead atoms. The fourth-order valence-electron chi connectivity index (χ4n) is 4.46. The van der Waals surface area contributed by atoms with Crippen LogP contribution in [-0.4, -0.2) is 58.9 Å². The van der Waals surface area contributed by atoms with Crippen LogP contribution in [0.5, 0.6) is 5.75 Å². The van der Waals surface area contributed by atoms with Crippen LogP contribution in [0.25, 0.3) is 10.2 Å². The van der Waals surface area contributed by atoms with Crippen molar-refractivity contribution < 1.29 is 24.5 Å². The van der Waals surface area contributed by atoms with Crippen molar-refractivity contribution in [3.63, 3.8) is 0 Å². The second-order valence-electron chi connectivity index (χ2n) is 9.30. The van der Waals surface area contributed by atoms with E-state index in [1.807, 2.05) is 0 Å². The number of aryl methyl sites for hydroxylation is 2. The number of carboxylic acids is 2. The van der Waals surface area contributed by atoms with Crippen LogP contribution < -0.4 is 15.0 Å². The van der Waals surface area contributed by atoms with Gasteiger partial charge in [-0.1, -0.05) is 41.7 Å². The third kappa shape index (κ3) is 8.30. The van der Waals surface area contributed by atoms with Crippen LogP contribution in [0.1, 0.15) is 37.3 Å². The van der Waals surface area contributed by atoms with Gasteiger partial charge in [0.2, 0.25) is 0 Å². The van der Waals surface area contributed by atoms with E-state index < -0.39 is 11.9 Å². The summed E-state index contributed by atoms with van der Waals surface area (Å²) in [7, 11) is 2.20. The summed E-state index contributed by atoms with van der Waals surface area (Å²) in [6.45, 7) is 7.48. The van der Waals surface area contributed by atoms with Crippen molar-refractivity contribution in [3.05, 3.63) is 65.7 Å². The highest BCUT2D eigenvalue weighted by atomic mass is 32.1. The minimum Gasteiger partial charge on any atom is -0.490 e. The number of rotatable bonds is 8. The molecule has 3 N–H and O–H groups in total. The van der Waals surface area contributed by atoms with E-state index >= 15 is 0 Å². The number of piperidine rings is 1. The summed E-state index contributed by atoms with van der Waals surface area (Å²) in [4.78, 5) is 26.3. The number of aromatic nitrogens is 1. The number of aliphatic carboxylic acids is 2. The molecule has 2 aromatic carbocycles. The Morgan fingerprint density at radius 2 is 1.78 bits per heavy atom. The van der Waals surface area contributed by atoms with Crippen LogP contribution in [0.4, 0.5) is 5.13 Å². The third-order valence-electron chi connectivity index (χ3n) is 6.31. The molecule has 4 rings (SSSR count). The van der Waals surface area contributed by atoms with Crippen LogP contribution in [-0.2, 0) is 9.59 Å². The molecule has 0 radical (unpaired) electrons. The number of nitrogens with one attached hydrogen (secondary N) is 1. The minimum absolute atomic E-state index is 0.179. The Labute approximate surface area is 221 Å². The molecule has 0 amide bonds. The summed E-state index contributed by atoms with van der Waals surface area (Å²) in [6.07, 6.45) is 4.57. The number of carboxylic acid groups (broad SMARTS) is 2. The zero-order valence-electron chi connectivity index (χ0n) is 21.7. The first kappa shape index (κ1) is 28.1. The second kappa shape index (κ2) is 13.2. The molecule has 1 fully saturated rings. The van der Waals surface area contributed by atoms with E-state index in [9.17, 15) is 9.59 Å². The van der Waals surface area contributed by atoms with E-state index in [-0.39, 0.29) is 6.10 Å². The van der Waals surface area contributed by atoms with E-state index in [0.29, 0.717) is 24.2 Å². The van der Waals surface area contributed by atoms with Crippen LogP contribution >= 0.6 is 11.3 Å². The number of hydrogen-bond acceptors (Lipinski definition) is 7. The molecule has 8 nitrogen and oxygen atoms in total. The zero-order valence-corrected chi connectivity index (χ0v) is 22.5. The summed E-state index contributed by atoms with van der Waals surface area (Å²) in [5, 5.41) is 20.5. The van der Waals surface area contributed by atoms with Crippen molar-refractivity contribution in [3.8, 4) is 5.75 Å². The molecule has 198 valence electrons. The van der Waals surface area contributed by atoms with Crippen molar-refractivity contribution in [2.75, 3.05) is 18.5 Å². The highest BCUT2D eigenvalue weighted by Crippen LogP contribution is 2.31. The molecule has 0 spiro atoms. The number of para-hydroxylation sites is 2. The topological polar surface area (TPSA) is 112 Å². The first-order valence-electron chi connectivity index (χ1n) is 12.3. The zero-order chi connectivity index (χ0) is 26.9. The van der Waals surface area contributed by atoms with Crippen molar-refractivity contribution in [1.29, 1.82) is 0 Å². The molecule has 1 aliphatic rings. The molecule has 2 heterocycles. The average molecular weight is 526 g/mol. The number of hydrogen-bond donors (Lipinski definition) is 3. The number of fused-ring (bicyclic) bond motifs is 1. The van der Waals surface area contributed by atoms with Crippen LogP contribution in [0.2, 0.25) is 0 Å². The van der Waals surface area contributed by atoms with Crippen LogP contribution in [0.3, 0.4) is 0 Å². The Morgan fingerprint density at radius 1 is 1.14 bits per heavy atom. The van der Waals surface area contributed by atoms with Crippen LogP contribution in [0.15, 0.2) is 54.6 Å². The van der Waals surface area contributed by atoms with E-state index in [1.54, 1.807) is 11.3 Å². The molecule has 3 atom stereocenters. The number of carbonyl (C=O) groups is 2. The van der Waals surface area contributed by atoms with Gasteiger partial charge in [-0.15, -0.1) is 0 Å². The van der Waals surface area contributed by atoms with E-state index in [1.165, 1.54) is 15.8 Å². The van der Waals surface area contributed by atoms with E-state index in [2.05, 4.69) is 80.5 Å². The monoisotopic (exact) mass is 525 g/mol.